The van der Waals surface area contributed by atoms with E-state index in [4.69, 9.17) is 0 Å². The first-order valence-corrected chi connectivity index (χ1v) is 18.2. The van der Waals surface area contributed by atoms with Crippen molar-refractivity contribution in [1.29, 1.82) is 0 Å². The molecule has 2 heteroatoms. The van der Waals surface area contributed by atoms with Crippen molar-refractivity contribution < 1.29 is 0 Å². The Morgan fingerprint density at radius 1 is 0.673 bits per heavy atom. The molecule has 1 nitrogen and oxygen atoms in total. The van der Waals surface area contributed by atoms with Crippen molar-refractivity contribution in [2.45, 2.75) is 26.7 Å². The lowest BCUT2D eigenvalue weighted by Gasteiger charge is -2.23. The lowest BCUT2D eigenvalue weighted by atomic mass is 9.84. The molecule has 234 valence electrons. The normalized spacial score (nSPS) is 14.5. The second kappa shape index (κ2) is 10.8. The van der Waals surface area contributed by atoms with Gasteiger partial charge in [-0.05, 0) is 120 Å². The van der Waals surface area contributed by atoms with E-state index in [0.717, 1.165) is 18.1 Å². The van der Waals surface area contributed by atoms with Gasteiger partial charge in [0.1, 0.15) is 0 Å². The molecular formula is C47H35NS. The number of rotatable bonds is 3. The van der Waals surface area contributed by atoms with Gasteiger partial charge in [-0.25, -0.2) is 0 Å². The van der Waals surface area contributed by atoms with Crippen LogP contribution in [0.1, 0.15) is 30.7 Å². The highest BCUT2D eigenvalue weighted by Crippen LogP contribution is 2.46. The Labute approximate surface area is 290 Å². The van der Waals surface area contributed by atoms with E-state index in [0.29, 0.717) is 5.92 Å². The minimum atomic E-state index is 0.590. The maximum absolute atomic E-state index is 4.43. The molecule has 0 aromatic heterocycles. The number of aryl methyl sites for hydroxylation is 1. The van der Waals surface area contributed by atoms with E-state index in [-0.39, 0.29) is 0 Å². The van der Waals surface area contributed by atoms with Crippen molar-refractivity contribution >= 4 is 76.6 Å². The van der Waals surface area contributed by atoms with Crippen LogP contribution in [0.3, 0.4) is 0 Å². The lowest BCUT2D eigenvalue weighted by Crippen LogP contribution is -2.15. The molecule has 10 rings (SSSR count). The average molecular weight is 646 g/mol. The number of pyridine rings is 1. The molecule has 1 atom stereocenters. The molecule has 0 saturated carbocycles. The van der Waals surface area contributed by atoms with Crippen LogP contribution < -0.4 is 5.22 Å². The van der Waals surface area contributed by atoms with E-state index in [1.54, 1.807) is 0 Å². The van der Waals surface area contributed by atoms with E-state index < -0.39 is 0 Å². The number of allylic oxidation sites excluding steroid dienone is 1. The van der Waals surface area contributed by atoms with Crippen molar-refractivity contribution in [2.24, 2.45) is 5.92 Å². The topological polar surface area (TPSA) is 4.93 Å². The molecule has 3 aliphatic rings. The first-order chi connectivity index (χ1) is 24.1. The third kappa shape index (κ3) is 4.24. The molecule has 1 unspecified atom stereocenters. The van der Waals surface area contributed by atoms with Crippen LogP contribution in [0, 0.1) is 5.92 Å². The second-order valence-corrected chi connectivity index (χ2v) is 14.8. The summed E-state index contributed by atoms with van der Waals surface area (Å²) in [5, 5.41) is 10.1. The van der Waals surface area contributed by atoms with Crippen LogP contribution in [0.25, 0.3) is 93.2 Å². The van der Waals surface area contributed by atoms with Crippen LogP contribution in [0.5, 0.6) is 0 Å². The van der Waals surface area contributed by atoms with Gasteiger partial charge in [-0.2, -0.15) is 0 Å². The smallest absolute Gasteiger partial charge is 0.0709 e. The highest BCUT2D eigenvalue weighted by Gasteiger charge is 2.21. The molecule has 0 spiro atoms. The van der Waals surface area contributed by atoms with Crippen molar-refractivity contribution in [3.63, 3.8) is 0 Å². The van der Waals surface area contributed by atoms with E-state index in [2.05, 4.69) is 158 Å². The second-order valence-electron chi connectivity index (χ2n) is 13.7. The zero-order valence-electron chi connectivity index (χ0n) is 27.8. The molecule has 0 saturated heterocycles. The van der Waals surface area contributed by atoms with Crippen molar-refractivity contribution in [3.05, 3.63) is 149 Å². The molecule has 49 heavy (non-hydrogen) atoms. The summed E-state index contributed by atoms with van der Waals surface area (Å²) in [4.78, 5) is 0. The first-order valence-electron chi connectivity index (χ1n) is 17.4. The van der Waals surface area contributed by atoms with Gasteiger partial charge in [0.2, 0.25) is 0 Å². The van der Waals surface area contributed by atoms with Gasteiger partial charge in [0.15, 0.2) is 0 Å². The van der Waals surface area contributed by atoms with E-state index in [1.165, 1.54) is 97.4 Å². The summed E-state index contributed by atoms with van der Waals surface area (Å²) in [6, 6.07) is 45.8. The van der Waals surface area contributed by atoms with Crippen molar-refractivity contribution in [3.8, 4) is 27.9 Å². The highest BCUT2D eigenvalue weighted by molar-refractivity contribution is 7.24. The predicted molar refractivity (Wildman–Crippen MR) is 214 cm³/mol. The molecule has 7 aromatic carbocycles. The predicted octanol–water partition coefficient (Wildman–Crippen LogP) is 12.5. The van der Waals surface area contributed by atoms with Gasteiger partial charge in [-0.15, -0.1) is 11.3 Å². The van der Waals surface area contributed by atoms with Crippen molar-refractivity contribution in [2.75, 3.05) is 0 Å². The Morgan fingerprint density at radius 2 is 1.35 bits per heavy atom. The summed E-state index contributed by atoms with van der Waals surface area (Å²) in [5.74, 6) is 0.590. The number of fused-ring (bicyclic) bond motifs is 7. The summed E-state index contributed by atoms with van der Waals surface area (Å²) < 4.78 is 5.07. The molecule has 0 N–H and O–H groups in total. The zero-order chi connectivity index (χ0) is 32.8. The number of benzene rings is 7. The van der Waals surface area contributed by atoms with Crippen LogP contribution >= 0.6 is 11.3 Å². The van der Waals surface area contributed by atoms with Crippen LogP contribution in [-0.4, -0.2) is 4.57 Å². The van der Waals surface area contributed by atoms with Gasteiger partial charge in [0.25, 0.3) is 0 Å². The van der Waals surface area contributed by atoms with Crippen LogP contribution in [-0.2, 0) is 12.8 Å². The van der Waals surface area contributed by atoms with Crippen LogP contribution in [0.15, 0.2) is 127 Å². The minimum absolute atomic E-state index is 0.590. The molecule has 0 radical (unpaired) electrons. The van der Waals surface area contributed by atoms with Gasteiger partial charge < -0.3 is 4.57 Å². The Balaban J connectivity index is 1.25. The Bertz CT molecular complexity index is 2820. The summed E-state index contributed by atoms with van der Waals surface area (Å²) in [6.07, 6.45) is 6.74. The van der Waals surface area contributed by atoms with Crippen LogP contribution in [0.2, 0.25) is 0 Å². The third-order valence-electron chi connectivity index (χ3n) is 10.8. The fraction of sp³-hybridized carbons (Fsp3) is 0.106. The molecule has 2 aliphatic heterocycles. The summed E-state index contributed by atoms with van der Waals surface area (Å²) >= 11 is 1.87. The monoisotopic (exact) mass is 645 g/mol. The van der Waals surface area contributed by atoms with Crippen LogP contribution in [0.4, 0.5) is 0 Å². The summed E-state index contributed by atoms with van der Waals surface area (Å²) in [5.41, 5.74) is 11.7. The van der Waals surface area contributed by atoms with Gasteiger partial charge in [0.05, 0.1) is 20.6 Å². The van der Waals surface area contributed by atoms with Gasteiger partial charge in [-0.1, -0.05) is 124 Å². The molecule has 0 amide bonds. The number of hydrogen-bond donors (Lipinski definition) is 0. The molecule has 0 bridgehead atoms. The molecular weight excluding hydrogens is 611 g/mol. The van der Waals surface area contributed by atoms with Gasteiger partial charge in [-0.3, -0.25) is 0 Å². The fourth-order valence-electron chi connectivity index (χ4n) is 8.52. The number of para-hydroxylation sites is 1. The quantitative estimate of drug-likeness (QED) is 0.133. The first kappa shape index (κ1) is 28.6. The third-order valence-corrected chi connectivity index (χ3v) is 11.9. The van der Waals surface area contributed by atoms with Gasteiger partial charge in [0, 0.05) is 11.1 Å². The summed E-state index contributed by atoms with van der Waals surface area (Å²) in [6.45, 7) is 8.98. The average Bonchev–Trinajstić information content (AvgIpc) is 3.14. The molecule has 0 fully saturated rings. The van der Waals surface area contributed by atoms with E-state index in [9.17, 15) is 0 Å². The Morgan fingerprint density at radius 3 is 2.06 bits per heavy atom. The summed E-state index contributed by atoms with van der Waals surface area (Å²) in [7, 11) is 0. The number of hydrogen-bond acceptors (Lipinski definition) is 1. The largest absolute Gasteiger partial charge is 0.311 e. The standard InChI is InChI=1S/C47H35NS/c1-4-34-25-29(3)35-14-9-15-44-47(35)48(34)42-27-33(20-23-43(42)49-44)46-40-12-7-5-10-38(40)45(39-11-6-8-13-41(39)46)32-19-22-37-31(26-32)18-17-30-24-28(2)16-21-36(30)37/h5-23,25-28H,3-4,24H2,1-2H3. The number of nitrogens with zero attached hydrogens (tertiary/aromatic N) is 1. The molecule has 7 aromatic rings. The van der Waals surface area contributed by atoms with E-state index >= 15 is 0 Å². The van der Waals surface area contributed by atoms with Gasteiger partial charge >= 0.3 is 0 Å². The lowest BCUT2D eigenvalue weighted by molar-refractivity contribution is 0.718. The minimum Gasteiger partial charge on any atom is -0.311 e. The molecule has 1 aliphatic carbocycles. The zero-order valence-corrected chi connectivity index (χ0v) is 28.6. The molecule has 2 heterocycles. The van der Waals surface area contributed by atoms with Crippen molar-refractivity contribution in [1.82, 2.24) is 4.57 Å². The maximum atomic E-state index is 4.43. The van der Waals surface area contributed by atoms with E-state index in [1.807, 2.05) is 11.3 Å². The SMILES string of the molecule is C=c1cc(CC)n2c3cc(-c4c5ccccc5c(-c5ccc6c7c(ccc6c5)CC(C)C=C7)c5ccccc45)ccc3sc3cccc1c3-2. The Kier molecular flexibility index (Phi) is 6.29. The highest BCUT2D eigenvalue weighted by atomic mass is 32.1. The Hall–Kier alpha value is -5.44. The fourth-order valence-corrected chi connectivity index (χ4v) is 9.60. The maximum Gasteiger partial charge on any atom is 0.0709 e. The number of aromatic nitrogens is 1.